The molecule has 0 atom stereocenters. The van der Waals surface area contributed by atoms with Gasteiger partial charge in [-0.25, -0.2) is 9.97 Å². The third-order valence-corrected chi connectivity index (χ3v) is 4.57. The third kappa shape index (κ3) is 3.65. The summed E-state index contributed by atoms with van der Waals surface area (Å²) in [5, 5.41) is 10.8. The maximum absolute atomic E-state index is 12.3. The number of rotatable bonds is 6. The molecule has 3 aromatic rings. The van der Waals surface area contributed by atoms with Crippen molar-refractivity contribution in [2.24, 2.45) is 0 Å². The molecular weight excluding hydrogens is 324 g/mol. The Kier molecular flexibility index (Phi) is 4.95. The summed E-state index contributed by atoms with van der Waals surface area (Å²) >= 11 is 1.45. The highest BCUT2D eigenvalue weighted by Crippen LogP contribution is 2.19. The van der Waals surface area contributed by atoms with Crippen molar-refractivity contribution in [2.45, 2.75) is 33.2 Å². The molecule has 0 spiro atoms. The second kappa shape index (κ2) is 7.31. The molecule has 3 aromatic heterocycles. The number of nitrogens with zero attached hydrogens (tertiary/aromatic N) is 4. The van der Waals surface area contributed by atoms with E-state index in [1.54, 1.807) is 6.20 Å². The molecule has 1 amide bonds. The van der Waals surface area contributed by atoms with Gasteiger partial charge in [0.05, 0.1) is 17.2 Å². The number of carbonyl (C=O) groups is 1. The quantitative estimate of drug-likeness (QED) is 0.717. The molecule has 0 aliphatic heterocycles. The van der Waals surface area contributed by atoms with Crippen LogP contribution in [0.15, 0.2) is 24.4 Å². The molecule has 24 heavy (non-hydrogen) atoms. The van der Waals surface area contributed by atoms with Crippen LogP contribution in [0.4, 0.5) is 0 Å². The summed E-state index contributed by atoms with van der Waals surface area (Å²) in [6.45, 7) is 4.23. The Morgan fingerprint density at radius 2 is 2.21 bits per heavy atom. The number of amides is 1. The van der Waals surface area contributed by atoms with Crippen molar-refractivity contribution in [1.82, 2.24) is 30.5 Å². The summed E-state index contributed by atoms with van der Waals surface area (Å²) < 4.78 is 0. The van der Waals surface area contributed by atoms with E-state index in [0.29, 0.717) is 22.2 Å². The van der Waals surface area contributed by atoms with Gasteiger partial charge >= 0.3 is 0 Å². The van der Waals surface area contributed by atoms with Crippen molar-refractivity contribution in [3.8, 4) is 11.5 Å². The molecule has 8 heteroatoms. The van der Waals surface area contributed by atoms with Gasteiger partial charge in [-0.1, -0.05) is 13.0 Å². The number of pyridine rings is 1. The van der Waals surface area contributed by atoms with Crippen LogP contribution in [0, 0.1) is 6.92 Å². The van der Waals surface area contributed by atoms with Gasteiger partial charge in [-0.05, 0) is 31.9 Å². The summed E-state index contributed by atoms with van der Waals surface area (Å²) in [5.41, 5.74) is 1.46. The summed E-state index contributed by atoms with van der Waals surface area (Å²) in [7, 11) is 0. The van der Waals surface area contributed by atoms with Crippen molar-refractivity contribution < 1.29 is 4.79 Å². The third-order valence-electron chi connectivity index (χ3n) is 3.35. The fourth-order valence-electron chi connectivity index (χ4n) is 2.21. The highest BCUT2D eigenvalue weighted by molar-refractivity contribution is 7.13. The first kappa shape index (κ1) is 16.3. The SMILES string of the molecule is CCCc1nc(C)c(C(=O)NCc2nc(-c3ccccn3)n[nH]2)s1. The van der Waals surface area contributed by atoms with E-state index in [2.05, 4.69) is 37.4 Å². The molecule has 0 radical (unpaired) electrons. The number of nitrogens with one attached hydrogen (secondary N) is 2. The minimum absolute atomic E-state index is 0.136. The normalized spacial score (nSPS) is 10.8. The van der Waals surface area contributed by atoms with Crippen LogP contribution < -0.4 is 5.32 Å². The van der Waals surface area contributed by atoms with Crippen LogP contribution in [0.2, 0.25) is 0 Å². The highest BCUT2D eigenvalue weighted by Gasteiger charge is 2.15. The fraction of sp³-hybridized carbons (Fsp3) is 0.312. The zero-order valence-corrected chi connectivity index (χ0v) is 14.4. The Morgan fingerprint density at radius 3 is 2.96 bits per heavy atom. The summed E-state index contributed by atoms with van der Waals surface area (Å²) in [5.74, 6) is 0.960. The van der Waals surface area contributed by atoms with Crippen LogP contribution in [0.1, 0.15) is 39.5 Å². The first-order valence-corrected chi connectivity index (χ1v) is 8.56. The number of hydrogen-bond donors (Lipinski definition) is 2. The van der Waals surface area contributed by atoms with E-state index in [9.17, 15) is 4.79 Å². The van der Waals surface area contributed by atoms with Crippen LogP contribution in [-0.2, 0) is 13.0 Å². The van der Waals surface area contributed by atoms with Gasteiger partial charge in [0, 0.05) is 6.20 Å². The van der Waals surface area contributed by atoms with E-state index in [-0.39, 0.29) is 12.5 Å². The van der Waals surface area contributed by atoms with Gasteiger partial charge < -0.3 is 5.32 Å². The predicted octanol–water partition coefficient (Wildman–Crippen LogP) is 2.51. The van der Waals surface area contributed by atoms with Crippen molar-refractivity contribution in [3.05, 3.63) is 45.8 Å². The molecule has 0 unspecified atom stereocenters. The zero-order valence-electron chi connectivity index (χ0n) is 13.5. The molecule has 7 nitrogen and oxygen atoms in total. The fourth-order valence-corrected chi connectivity index (χ4v) is 3.29. The Balaban J connectivity index is 1.64. The maximum Gasteiger partial charge on any atom is 0.263 e. The number of aromatic nitrogens is 5. The second-order valence-corrected chi connectivity index (χ2v) is 6.36. The first-order chi connectivity index (χ1) is 11.7. The Hall–Kier alpha value is -2.61. The van der Waals surface area contributed by atoms with Crippen LogP contribution in [0.25, 0.3) is 11.5 Å². The molecule has 0 fully saturated rings. The first-order valence-electron chi connectivity index (χ1n) is 7.74. The summed E-state index contributed by atoms with van der Waals surface area (Å²) in [6.07, 6.45) is 3.60. The number of thiazole rings is 1. The van der Waals surface area contributed by atoms with Crippen molar-refractivity contribution >= 4 is 17.2 Å². The summed E-state index contributed by atoms with van der Waals surface area (Å²) in [4.78, 5) is 26.0. The van der Waals surface area contributed by atoms with Gasteiger partial charge in [0.1, 0.15) is 16.4 Å². The van der Waals surface area contributed by atoms with Crippen LogP contribution in [0.3, 0.4) is 0 Å². The van der Waals surface area contributed by atoms with Gasteiger partial charge in [0.15, 0.2) is 5.82 Å². The molecule has 0 saturated heterocycles. The Morgan fingerprint density at radius 1 is 1.33 bits per heavy atom. The molecule has 0 bridgehead atoms. The number of H-pyrrole nitrogens is 1. The van der Waals surface area contributed by atoms with Crippen molar-refractivity contribution in [1.29, 1.82) is 0 Å². The van der Waals surface area contributed by atoms with E-state index in [0.717, 1.165) is 23.5 Å². The van der Waals surface area contributed by atoms with E-state index < -0.39 is 0 Å². The Bertz CT molecular complexity index is 826. The van der Waals surface area contributed by atoms with E-state index in [1.165, 1.54) is 11.3 Å². The van der Waals surface area contributed by atoms with Gasteiger partial charge in [-0.15, -0.1) is 11.3 Å². The zero-order chi connectivity index (χ0) is 16.9. The van der Waals surface area contributed by atoms with E-state index >= 15 is 0 Å². The number of carbonyl (C=O) groups excluding carboxylic acids is 1. The van der Waals surface area contributed by atoms with Crippen LogP contribution in [-0.4, -0.2) is 31.1 Å². The van der Waals surface area contributed by atoms with Gasteiger partial charge in [-0.3, -0.25) is 14.9 Å². The molecule has 0 aromatic carbocycles. The average molecular weight is 342 g/mol. The topological polar surface area (TPSA) is 96.5 Å². The molecule has 124 valence electrons. The van der Waals surface area contributed by atoms with Gasteiger partial charge in [-0.2, -0.15) is 5.10 Å². The molecule has 0 aliphatic carbocycles. The molecule has 2 N–H and O–H groups in total. The highest BCUT2D eigenvalue weighted by atomic mass is 32.1. The Labute approximate surface area is 143 Å². The number of hydrogen-bond acceptors (Lipinski definition) is 6. The minimum Gasteiger partial charge on any atom is -0.344 e. The minimum atomic E-state index is -0.136. The lowest BCUT2D eigenvalue weighted by Gasteiger charge is -2.00. The van der Waals surface area contributed by atoms with Gasteiger partial charge in [0.25, 0.3) is 5.91 Å². The monoisotopic (exact) mass is 342 g/mol. The molecular formula is C16H18N6OS. The standard InChI is InChI=1S/C16H18N6OS/c1-3-6-13-19-10(2)14(24-13)16(23)18-9-12-20-15(22-21-12)11-7-4-5-8-17-11/h4-5,7-8H,3,6,9H2,1-2H3,(H,18,23)(H,20,21,22). The largest absolute Gasteiger partial charge is 0.344 e. The lowest BCUT2D eigenvalue weighted by Crippen LogP contribution is -2.23. The molecule has 3 heterocycles. The maximum atomic E-state index is 12.3. The number of aryl methyl sites for hydroxylation is 2. The smallest absolute Gasteiger partial charge is 0.263 e. The molecule has 0 saturated carbocycles. The molecule has 3 rings (SSSR count). The van der Waals surface area contributed by atoms with Crippen molar-refractivity contribution in [2.75, 3.05) is 0 Å². The van der Waals surface area contributed by atoms with Crippen LogP contribution >= 0.6 is 11.3 Å². The molecule has 0 aliphatic rings. The van der Waals surface area contributed by atoms with E-state index in [4.69, 9.17) is 0 Å². The number of aromatic amines is 1. The lowest BCUT2D eigenvalue weighted by atomic mass is 10.3. The summed E-state index contributed by atoms with van der Waals surface area (Å²) in [6, 6.07) is 5.55. The second-order valence-electron chi connectivity index (χ2n) is 5.28. The van der Waals surface area contributed by atoms with Gasteiger partial charge in [0.2, 0.25) is 0 Å². The lowest BCUT2D eigenvalue weighted by molar-refractivity contribution is 0.0953. The van der Waals surface area contributed by atoms with Crippen molar-refractivity contribution in [3.63, 3.8) is 0 Å². The predicted molar refractivity (Wildman–Crippen MR) is 91.6 cm³/mol. The average Bonchev–Trinajstić information content (AvgIpc) is 3.21. The van der Waals surface area contributed by atoms with E-state index in [1.807, 2.05) is 25.1 Å². The van der Waals surface area contributed by atoms with Crippen LogP contribution in [0.5, 0.6) is 0 Å².